The summed E-state index contributed by atoms with van der Waals surface area (Å²) in [5.41, 5.74) is 0.0666. The van der Waals surface area contributed by atoms with E-state index < -0.39 is 17.7 Å². The zero-order valence-corrected chi connectivity index (χ0v) is 20.3. The van der Waals surface area contributed by atoms with Crippen molar-refractivity contribution in [3.8, 4) is 0 Å². The molecule has 0 bridgehead atoms. The first-order valence-electron chi connectivity index (χ1n) is 10.1. The van der Waals surface area contributed by atoms with Crippen LogP contribution in [-0.2, 0) is 4.74 Å². The second-order valence-electron chi connectivity index (χ2n) is 7.58. The van der Waals surface area contributed by atoms with E-state index in [4.69, 9.17) is 4.74 Å². The number of hydrogen-bond donors (Lipinski definition) is 1. The number of nitrogens with one attached hydrogen (secondary N) is 1. The summed E-state index contributed by atoms with van der Waals surface area (Å²) in [5, 5.41) is 3.29. The van der Waals surface area contributed by atoms with Crippen LogP contribution in [0, 0.1) is 17.6 Å². The molecule has 1 aromatic carbocycles. The zero-order valence-electron chi connectivity index (χ0n) is 18.0. The second-order valence-corrected chi connectivity index (χ2v) is 7.58. The fourth-order valence-electron chi connectivity index (χ4n) is 3.50. The lowest BCUT2D eigenvalue weighted by molar-refractivity contribution is 0.0625. The molecule has 0 aliphatic carbocycles. The number of ether oxygens (including phenoxy) is 1. The van der Waals surface area contributed by atoms with E-state index in [1.165, 1.54) is 18.2 Å². The molecule has 166 valence electrons. The summed E-state index contributed by atoms with van der Waals surface area (Å²) >= 11 is 0. The summed E-state index contributed by atoms with van der Waals surface area (Å²) < 4.78 is 34.0. The van der Waals surface area contributed by atoms with Crippen LogP contribution in [-0.4, -0.2) is 69.8 Å². The van der Waals surface area contributed by atoms with E-state index in [1.54, 1.807) is 4.90 Å². The predicted molar refractivity (Wildman–Crippen MR) is 125 cm³/mol. The average Bonchev–Trinajstić information content (AvgIpc) is 2.67. The van der Waals surface area contributed by atoms with Gasteiger partial charge < -0.3 is 19.9 Å². The third-order valence-electron chi connectivity index (χ3n) is 5.28. The second kappa shape index (κ2) is 13.3. The van der Waals surface area contributed by atoms with Gasteiger partial charge in [0.15, 0.2) is 5.96 Å². The Labute approximate surface area is 190 Å². The Morgan fingerprint density at radius 2 is 1.83 bits per heavy atom. The summed E-state index contributed by atoms with van der Waals surface area (Å²) in [6.07, 6.45) is 3.30. The lowest BCUT2D eigenvalue weighted by Crippen LogP contribution is -2.40. The highest BCUT2D eigenvalue weighted by atomic mass is 127. The Hall–Kier alpha value is -1.00. The summed E-state index contributed by atoms with van der Waals surface area (Å²) in [6, 6.07) is 3.50. The van der Waals surface area contributed by atoms with Crippen LogP contribution < -0.4 is 5.32 Å². The van der Waals surface area contributed by atoms with E-state index in [-0.39, 0.29) is 36.1 Å². The SMILES string of the molecule is CCNC(=NCC(c1c(F)cccc1F)N(C)C)N(C)CCC1CCOCC1.I. The molecule has 0 radical (unpaired) electrons. The fourth-order valence-corrected chi connectivity index (χ4v) is 3.50. The largest absolute Gasteiger partial charge is 0.381 e. The van der Waals surface area contributed by atoms with E-state index >= 15 is 0 Å². The Kier molecular flexibility index (Phi) is 12.0. The molecule has 0 amide bonds. The molecule has 1 aliphatic heterocycles. The molecule has 1 saturated heterocycles. The van der Waals surface area contributed by atoms with Gasteiger partial charge in [-0.1, -0.05) is 6.07 Å². The van der Waals surface area contributed by atoms with Crippen molar-refractivity contribution in [2.45, 2.75) is 32.2 Å². The standard InChI is InChI=1S/C21H34F2N4O.HI/c1-5-24-21(27(4)12-9-16-10-13-28-14-11-16)25-15-19(26(2)3)20-17(22)7-6-8-18(20)23;/h6-8,16,19H,5,9-15H2,1-4H3,(H,24,25);1H. The van der Waals surface area contributed by atoms with E-state index in [0.717, 1.165) is 51.5 Å². The van der Waals surface area contributed by atoms with Gasteiger partial charge in [0.1, 0.15) is 11.6 Å². The molecule has 1 aromatic rings. The van der Waals surface area contributed by atoms with Gasteiger partial charge in [-0.05, 0) is 58.3 Å². The Morgan fingerprint density at radius 3 is 2.38 bits per heavy atom. The molecule has 8 heteroatoms. The summed E-state index contributed by atoms with van der Waals surface area (Å²) in [7, 11) is 5.64. The van der Waals surface area contributed by atoms with Crippen LogP contribution >= 0.6 is 24.0 Å². The van der Waals surface area contributed by atoms with Crippen LogP contribution in [0.15, 0.2) is 23.2 Å². The molecule has 0 spiro atoms. The number of aliphatic imine (C=N–C) groups is 1. The summed E-state index contributed by atoms with van der Waals surface area (Å²) in [5.74, 6) is 0.373. The van der Waals surface area contributed by atoms with Gasteiger partial charge in [0.25, 0.3) is 0 Å². The topological polar surface area (TPSA) is 40.1 Å². The number of likely N-dealkylation sites (N-methyl/N-ethyl adjacent to an activating group) is 1. The lowest BCUT2D eigenvalue weighted by Gasteiger charge is -2.28. The molecule has 1 N–H and O–H groups in total. The maximum Gasteiger partial charge on any atom is 0.193 e. The fraction of sp³-hybridized carbons (Fsp3) is 0.667. The van der Waals surface area contributed by atoms with E-state index in [9.17, 15) is 8.78 Å². The third-order valence-corrected chi connectivity index (χ3v) is 5.28. The molecule has 2 rings (SSSR count). The minimum absolute atomic E-state index is 0. The first-order valence-corrected chi connectivity index (χ1v) is 10.1. The van der Waals surface area contributed by atoms with Crippen molar-refractivity contribution in [3.05, 3.63) is 35.4 Å². The normalized spacial score (nSPS) is 16.4. The van der Waals surface area contributed by atoms with Crippen LogP contribution in [0.3, 0.4) is 0 Å². The average molecular weight is 524 g/mol. The number of halogens is 3. The maximum absolute atomic E-state index is 14.3. The van der Waals surface area contributed by atoms with Crippen LogP contribution in [0.1, 0.15) is 37.8 Å². The molecular formula is C21H35F2IN4O. The van der Waals surface area contributed by atoms with Crippen LogP contribution in [0.2, 0.25) is 0 Å². The van der Waals surface area contributed by atoms with Crippen molar-refractivity contribution in [1.29, 1.82) is 0 Å². The van der Waals surface area contributed by atoms with E-state index in [2.05, 4.69) is 15.2 Å². The Bertz CT molecular complexity index is 619. The molecule has 5 nitrogen and oxygen atoms in total. The van der Waals surface area contributed by atoms with E-state index in [0.29, 0.717) is 5.92 Å². The zero-order chi connectivity index (χ0) is 20.5. The molecule has 29 heavy (non-hydrogen) atoms. The highest BCUT2D eigenvalue weighted by Crippen LogP contribution is 2.25. The molecule has 1 fully saturated rings. The first-order chi connectivity index (χ1) is 13.4. The first kappa shape index (κ1) is 26.0. The Balaban J connectivity index is 0.00000420. The molecule has 1 unspecified atom stereocenters. The molecule has 0 aromatic heterocycles. The van der Waals surface area contributed by atoms with Gasteiger partial charge in [0.05, 0.1) is 12.6 Å². The number of guanidine groups is 1. The van der Waals surface area contributed by atoms with Gasteiger partial charge >= 0.3 is 0 Å². The van der Waals surface area contributed by atoms with Crippen molar-refractivity contribution < 1.29 is 13.5 Å². The summed E-state index contributed by atoms with van der Waals surface area (Å²) in [6.45, 7) is 5.61. The minimum Gasteiger partial charge on any atom is -0.381 e. The van der Waals surface area contributed by atoms with Gasteiger partial charge in [-0.2, -0.15) is 0 Å². The van der Waals surface area contributed by atoms with Crippen molar-refractivity contribution in [1.82, 2.24) is 15.1 Å². The smallest absolute Gasteiger partial charge is 0.193 e. The molecule has 1 atom stereocenters. The Morgan fingerprint density at radius 1 is 1.21 bits per heavy atom. The molecule has 1 heterocycles. The van der Waals surface area contributed by atoms with E-state index in [1.807, 2.05) is 28.1 Å². The number of nitrogens with zero attached hydrogens (tertiary/aromatic N) is 3. The minimum atomic E-state index is -0.535. The van der Waals surface area contributed by atoms with Crippen LogP contribution in [0.25, 0.3) is 0 Å². The monoisotopic (exact) mass is 524 g/mol. The molecule has 0 saturated carbocycles. The highest BCUT2D eigenvalue weighted by molar-refractivity contribution is 14.0. The van der Waals surface area contributed by atoms with Gasteiger partial charge in [0, 0.05) is 38.9 Å². The van der Waals surface area contributed by atoms with Crippen molar-refractivity contribution in [3.63, 3.8) is 0 Å². The van der Waals surface area contributed by atoms with Crippen molar-refractivity contribution in [2.75, 3.05) is 54.0 Å². The van der Waals surface area contributed by atoms with Crippen LogP contribution in [0.5, 0.6) is 0 Å². The number of benzene rings is 1. The van der Waals surface area contributed by atoms with Crippen LogP contribution in [0.4, 0.5) is 8.78 Å². The highest BCUT2D eigenvalue weighted by Gasteiger charge is 2.22. The summed E-state index contributed by atoms with van der Waals surface area (Å²) in [4.78, 5) is 8.59. The van der Waals surface area contributed by atoms with Crippen molar-refractivity contribution in [2.24, 2.45) is 10.9 Å². The van der Waals surface area contributed by atoms with Crippen molar-refractivity contribution >= 4 is 29.9 Å². The number of rotatable bonds is 8. The third kappa shape index (κ3) is 7.97. The lowest BCUT2D eigenvalue weighted by atomic mass is 9.96. The molecular weight excluding hydrogens is 489 g/mol. The van der Waals surface area contributed by atoms with Gasteiger partial charge in [-0.25, -0.2) is 8.78 Å². The van der Waals surface area contributed by atoms with Gasteiger partial charge in [0.2, 0.25) is 0 Å². The number of hydrogen-bond acceptors (Lipinski definition) is 3. The maximum atomic E-state index is 14.3. The predicted octanol–water partition coefficient (Wildman–Crippen LogP) is 3.90. The van der Waals surface area contributed by atoms with Gasteiger partial charge in [-0.15, -0.1) is 24.0 Å². The molecule has 1 aliphatic rings. The van der Waals surface area contributed by atoms with Gasteiger partial charge in [-0.3, -0.25) is 4.99 Å². The quantitative estimate of drug-likeness (QED) is 0.318.